The van der Waals surface area contributed by atoms with E-state index in [0.717, 1.165) is 26.4 Å². The molecule has 1 atom stereocenters. The summed E-state index contributed by atoms with van der Waals surface area (Å²) in [5.74, 6) is -0.0946. The Bertz CT molecular complexity index is 1430. The van der Waals surface area contributed by atoms with Crippen molar-refractivity contribution in [1.82, 2.24) is 0 Å². The Kier molecular flexibility index (Phi) is 4.84. The smallest absolute Gasteiger partial charge is 0.208 e. The molecule has 4 nitrogen and oxygen atoms in total. The number of hydrogen-bond acceptors (Lipinski definition) is 4. The fourth-order valence-electron chi connectivity index (χ4n) is 4.05. The number of halogens is 1. The van der Waals surface area contributed by atoms with Gasteiger partial charge in [-0.05, 0) is 35.2 Å². The number of sulfone groups is 1. The molecular formula is C25H18BrNO3S. The topological polar surface area (TPSA) is 69.4 Å². The largest absolute Gasteiger partial charge is 0.440 e. The molecule has 1 unspecified atom stereocenters. The molecule has 5 rings (SSSR count). The monoisotopic (exact) mass is 491 g/mol. The van der Waals surface area contributed by atoms with Crippen LogP contribution in [0.1, 0.15) is 17.0 Å². The second kappa shape index (κ2) is 7.55. The highest BCUT2D eigenvalue weighted by atomic mass is 79.9. The Morgan fingerprint density at radius 3 is 2.23 bits per heavy atom. The molecule has 0 bridgehead atoms. The lowest BCUT2D eigenvalue weighted by molar-refractivity contribution is 0.399. The Labute approximate surface area is 189 Å². The zero-order valence-corrected chi connectivity index (χ0v) is 18.7. The van der Waals surface area contributed by atoms with Gasteiger partial charge in [0.1, 0.15) is 10.7 Å². The molecule has 0 amide bonds. The van der Waals surface area contributed by atoms with Gasteiger partial charge in [-0.25, -0.2) is 8.42 Å². The van der Waals surface area contributed by atoms with Gasteiger partial charge in [-0.2, -0.15) is 0 Å². The molecule has 4 aromatic carbocycles. The molecule has 0 radical (unpaired) electrons. The van der Waals surface area contributed by atoms with E-state index in [-0.39, 0.29) is 15.7 Å². The number of hydrogen-bond donors (Lipinski definition) is 1. The summed E-state index contributed by atoms with van der Waals surface area (Å²) in [4.78, 5) is 0.242. The summed E-state index contributed by atoms with van der Waals surface area (Å²) in [5, 5.41) is 1.89. The first kappa shape index (κ1) is 19.8. The van der Waals surface area contributed by atoms with Crippen LogP contribution in [0.2, 0.25) is 0 Å². The average Bonchev–Trinajstić information content (AvgIpc) is 2.79. The standard InChI is InChI=1S/C25H18BrNO3S/c26-18-13-10-17(11-14-18)22-21-15-12-16-6-4-5-9-20(16)23(21)30-25(27)24(22)31(28,29)19-7-2-1-3-8-19/h1-15,22H,27H2. The maximum atomic E-state index is 13.7. The summed E-state index contributed by atoms with van der Waals surface area (Å²) in [7, 11) is -3.90. The van der Waals surface area contributed by atoms with Crippen LogP contribution >= 0.6 is 15.9 Å². The zero-order chi connectivity index (χ0) is 21.6. The molecule has 31 heavy (non-hydrogen) atoms. The van der Waals surface area contributed by atoms with Gasteiger partial charge in [-0.15, -0.1) is 0 Å². The van der Waals surface area contributed by atoms with Crippen molar-refractivity contribution in [3.8, 4) is 5.75 Å². The second-order valence-electron chi connectivity index (χ2n) is 7.34. The molecule has 0 saturated carbocycles. The highest BCUT2D eigenvalue weighted by molar-refractivity contribution is 9.10. The third-order valence-corrected chi connectivity index (χ3v) is 7.92. The SMILES string of the molecule is NC1=C(S(=O)(=O)c2ccccc2)C(c2ccc(Br)cc2)c2ccc3ccccc3c2O1. The normalized spacial score (nSPS) is 16.1. The fourth-order valence-corrected chi connectivity index (χ4v) is 5.96. The summed E-state index contributed by atoms with van der Waals surface area (Å²) in [5.41, 5.74) is 7.92. The van der Waals surface area contributed by atoms with Gasteiger partial charge in [0.05, 0.1) is 10.8 Å². The van der Waals surface area contributed by atoms with Gasteiger partial charge in [0.15, 0.2) is 0 Å². The van der Waals surface area contributed by atoms with Crippen molar-refractivity contribution in [2.75, 3.05) is 0 Å². The number of allylic oxidation sites excluding steroid dienone is 1. The first-order valence-corrected chi connectivity index (χ1v) is 12.0. The van der Waals surface area contributed by atoms with Gasteiger partial charge >= 0.3 is 0 Å². The molecule has 1 heterocycles. The van der Waals surface area contributed by atoms with Crippen molar-refractivity contribution < 1.29 is 13.2 Å². The molecule has 4 aromatic rings. The van der Waals surface area contributed by atoms with E-state index >= 15 is 0 Å². The first-order valence-electron chi connectivity index (χ1n) is 9.71. The van der Waals surface area contributed by atoms with Crippen molar-refractivity contribution in [2.45, 2.75) is 10.8 Å². The van der Waals surface area contributed by atoms with E-state index in [1.165, 1.54) is 0 Å². The number of fused-ring (bicyclic) bond motifs is 3. The van der Waals surface area contributed by atoms with Gasteiger partial charge in [0, 0.05) is 15.4 Å². The maximum absolute atomic E-state index is 13.7. The van der Waals surface area contributed by atoms with Gasteiger partial charge in [-0.3, -0.25) is 0 Å². The molecule has 2 N–H and O–H groups in total. The lowest BCUT2D eigenvalue weighted by Crippen LogP contribution is -2.26. The molecule has 1 aliphatic rings. The van der Waals surface area contributed by atoms with Crippen LogP contribution in [0, 0.1) is 0 Å². The fraction of sp³-hybridized carbons (Fsp3) is 0.0400. The molecule has 0 fully saturated rings. The Hall–Kier alpha value is -3.09. The van der Waals surface area contributed by atoms with Crippen molar-refractivity contribution in [3.05, 3.63) is 117 Å². The molecule has 0 saturated heterocycles. The average molecular weight is 492 g/mol. The highest BCUT2D eigenvalue weighted by Gasteiger charge is 2.39. The minimum absolute atomic E-state index is 0.0591. The van der Waals surface area contributed by atoms with Crippen molar-refractivity contribution >= 4 is 36.5 Å². The number of nitrogens with two attached hydrogens (primary N) is 1. The Morgan fingerprint density at radius 2 is 1.48 bits per heavy atom. The van der Waals surface area contributed by atoms with Crippen LogP contribution in [-0.4, -0.2) is 8.42 Å². The van der Waals surface area contributed by atoms with Crippen molar-refractivity contribution in [1.29, 1.82) is 0 Å². The predicted octanol–water partition coefficient (Wildman–Crippen LogP) is 5.73. The van der Waals surface area contributed by atoms with Gasteiger partial charge in [0.2, 0.25) is 15.7 Å². The van der Waals surface area contributed by atoms with E-state index in [0.29, 0.717) is 5.75 Å². The Morgan fingerprint density at radius 1 is 0.806 bits per heavy atom. The second-order valence-corrected chi connectivity index (χ2v) is 10.2. The maximum Gasteiger partial charge on any atom is 0.208 e. The summed E-state index contributed by atoms with van der Waals surface area (Å²) in [6.07, 6.45) is 0. The zero-order valence-electron chi connectivity index (χ0n) is 16.3. The lowest BCUT2D eigenvalue weighted by Gasteiger charge is -2.30. The van der Waals surface area contributed by atoms with Crippen LogP contribution in [0.15, 0.2) is 111 Å². The molecule has 0 spiro atoms. The summed E-state index contributed by atoms with van der Waals surface area (Å²) >= 11 is 3.46. The van der Waals surface area contributed by atoms with Crippen LogP contribution in [0.3, 0.4) is 0 Å². The molecule has 154 valence electrons. The summed E-state index contributed by atoms with van der Waals surface area (Å²) in [6.45, 7) is 0. The van der Waals surface area contributed by atoms with Crippen molar-refractivity contribution in [3.63, 3.8) is 0 Å². The van der Waals surface area contributed by atoms with Crippen LogP contribution < -0.4 is 10.5 Å². The molecule has 1 aliphatic heterocycles. The first-order chi connectivity index (χ1) is 15.0. The van der Waals surface area contributed by atoms with Crippen molar-refractivity contribution in [2.24, 2.45) is 5.73 Å². The van der Waals surface area contributed by atoms with E-state index in [4.69, 9.17) is 10.5 Å². The van der Waals surface area contributed by atoms with Crippen LogP contribution in [0.5, 0.6) is 5.75 Å². The number of benzene rings is 4. The Balaban J connectivity index is 1.81. The van der Waals surface area contributed by atoms with E-state index in [1.54, 1.807) is 30.3 Å². The summed E-state index contributed by atoms with van der Waals surface area (Å²) < 4.78 is 34.3. The minimum atomic E-state index is -3.90. The van der Waals surface area contributed by atoms with Crippen LogP contribution in [0.25, 0.3) is 10.8 Å². The third kappa shape index (κ3) is 3.32. The quantitative estimate of drug-likeness (QED) is 0.397. The third-order valence-electron chi connectivity index (χ3n) is 5.48. The highest BCUT2D eigenvalue weighted by Crippen LogP contribution is 2.48. The lowest BCUT2D eigenvalue weighted by atomic mass is 9.87. The molecule has 0 aliphatic carbocycles. The number of ether oxygens (including phenoxy) is 1. The van der Waals surface area contributed by atoms with E-state index < -0.39 is 15.8 Å². The van der Waals surface area contributed by atoms with Crippen LogP contribution in [0.4, 0.5) is 0 Å². The molecule has 0 aromatic heterocycles. The van der Waals surface area contributed by atoms with Gasteiger partial charge in [0.25, 0.3) is 0 Å². The van der Waals surface area contributed by atoms with Gasteiger partial charge < -0.3 is 10.5 Å². The van der Waals surface area contributed by atoms with E-state index in [1.807, 2.05) is 60.7 Å². The van der Waals surface area contributed by atoms with E-state index in [2.05, 4.69) is 15.9 Å². The molecular weight excluding hydrogens is 474 g/mol. The minimum Gasteiger partial charge on any atom is -0.440 e. The summed E-state index contributed by atoms with van der Waals surface area (Å²) in [6, 6.07) is 27.7. The van der Waals surface area contributed by atoms with Crippen LogP contribution in [-0.2, 0) is 9.84 Å². The van der Waals surface area contributed by atoms with E-state index in [9.17, 15) is 8.42 Å². The molecule has 6 heteroatoms. The number of rotatable bonds is 3. The predicted molar refractivity (Wildman–Crippen MR) is 125 cm³/mol. The van der Waals surface area contributed by atoms with Gasteiger partial charge in [-0.1, -0.05) is 82.7 Å².